The Morgan fingerprint density at radius 2 is 2.05 bits per heavy atom. The van der Waals surface area contributed by atoms with Gasteiger partial charge in [-0.3, -0.25) is 9.36 Å². The van der Waals surface area contributed by atoms with E-state index in [4.69, 9.17) is 5.73 Å². The Bertz CT molecular complexity index is 839. The van der Waals surface area contributed by atoms with Crippen LogP contribution in [0, 0.1) is 6.92 Å². The summed E-state index contributed by atoms with van der Waals surface area (Å²) in [6, 6.07) is 11.2. The number of nitrogen functional groups attached to an aromatic ring is 1. The van der Waals surface area contributed by atoms with E-state index in [1.807, 2.05) is 30.3 Å². The van der Waals surface area contributed by atoms with Gasteiger partial charge in [-0.1, -0.05) is 18.2 Å². The molecule has 0 radical (unpaired) electrons. The van der Waals surface area contributed by atoms with E-state index in [0.717, 1.165) is 16.5 Å². The molecular weight excluding hydrogens is 252 g/mol. The summed E-state index contributed by atoms with van der Waals surface area (Å²) < 4.78 is 1.52. The van der Waals surface area contributed by atoms with Crippen molar-refractivity contribution in [1.82, 2.24) is 14.5 Å². The van der Waals surface area contributed by atoms with Crippen molar-refractivity contribution < 1.29 is 0 Å². The summed E-state index contributed by atoms with van der Waals surface area (Å²) in [5.74, 6) is 0.441. The van der Waals surface area contributed by atoms with Gasteiger partial charge in [0.25, 0.3) is 5.56 Å². The zero-order valence-electron chi connectivity index (χ0n) is 11.1. The first-order valence-electron chi connectivity index (χ1n) is 6.31. The van der Waals surface area contributed by atoms with Crippen molar-refractivity contribution in [2.45, 2.75) is 13.5 Å². The quantitative estimate of drug-likeness (QED) is 0.766. The van der Waals surface area contributed by atoms with Crippen LogP contribution in [0.1, 0.15) is 11.3 Å². The Kier molecular flexibility index (Phi) is 2.95. The largest absolute Gasteiger partial charge is 0.383 e. The molecule has 0 spiro atoms. The summed E-state index contributed by atoms with van der Waals surface area (Å²) in [6.07, 6.45) is 1.53. The molecule has 0 bridgehead atoms. The summed E-state index contributed by atoms with van der Waals surface area (Å²) in [4.78, 5) is 20.4. The van der Waals surface area contributed by atoms with Crippen LogP contribution in [0.4, 0.5) is 5.82 Å². The first-order valence-corrected chi connectivity index (χ1v) is 6.31. The molecule has 20 heavy (non-hydrogen) atoms. The van der Waals surface area contributed by atoms with Crippen molar-refractivity contribution in [2.24, 2.45) is 0 Å². The van der Waals surface area contributed by atoms with E-state index in [-0.39, 0.29) is 5.56 Å². The number of anilines is 1. The minimum atomic E-state index is -0.0925. The molecule has 2 aromatic heterocycles. The average molecular weight is 266 g/mol. The Morgan fingerprint density at radius 3 is 2.85 bits per heavy atom. The molecule has 2 heterocycles. The highest BCUT2D eigenvalue weighted by Gasteiger charge is 2.06. The van der Waals surface area contributed by atoms with Gasteiger partial charge in [-0.15, -0.1) is 0 Å². The summed E-state index contributed by atoms with van der Waals surface area (Å²) in [5, 5.41) is 1.00. The molecule has 5 nitrogen and oxygen atoms in total. The second-order valence-corrected chi connectivity index (χ2v) is 4.72. The number of hydrogen-bond acceptors (Lipinski definition) is 4. The molecule has 0 saturated heterocycles. The Hall–Kier alpha value is -2.69. The molecular formula is C15H14N4O. The van der Waals surface area contributed by atoms with Crippen LogP contribution in [0.2, 0.25) is 0 Å². The lowest BCUT2D eigenvalue weighted by atomic mass is 10.1. The molecule has 0 aliphatic rings. The van der Waals surface area contributed by atoms with Gasteiger partial charge in [-0.05, 0) is 19.1 Å². The fraction of sp³-hybridized carbons (Fsp3) is 0.133. The molecule has 0 fully saturated rings. The van der Waals surface area contributed by atoms with Crippen LogP contribution in [0.15, 0.2) is 47.5 Å². The van der Waals surface area contributed by atoms with Crippen LogP contribution >= 0.6 is 0 Å². The van der Waals surface area contributed by atoms with Gasteiger partial charge < -0.3 is 5.73 Å². The standard InChI is InChI=1S/C15H14N4O/c1-10-6-14(20)19(9-17-10)8-12-7-11-4-2-3-5-13(11)18-15(12)16/h2-7,9H,8H2,1H3,(H2,16,18). The van der Waals surface area contributed by atoms with Crippen LogP contribution in [-0.2, 0) is 6.54 Å². The first-order chi connectivity index (χ1) is 9.63. The Morgan fingerprint density at radius 1 is 1.25 bits per heavy atom. The molecule has 0 atom stereocenters. The predicted molar refractivity (Wildman–Crippen MR) is 78.5 cm³/mol. The number of nitrogens with zero attached hydrogens (tertiary/aromatic N) is 3. The SMILES string of the molecule is Cc1cc(=O)n(Cc2cc3ccccc3nc2N)cn1. The number of benzene rings is 1. The smallest absolute Gasteiger partial charge is 0.253 e. The number of pyridine rings is 1. The number of aryl methyl sites for hydroxylation is 1. The van der Waals surface area contributed by atoms with E-state index in [9.17, 15) is 4.79 Å². The van der Waals surface area contributed by atoms with Crippen molar-refractivity contribution in [3.63, 3.8) is 0 Å². The molecule has 3 aromatic rings. The van der Waals surface area contributed by atoms with Gasteiger partial charge in [0.05, 0.1) is 18.4 Å². The second-order valence-electron chi connectivity index (χ2n) is 4.72. The molecule has 0 aliphatic heterocycles. The maximum absolute atomic E-state index is 11.9. The second kappa shape index (κ2) is 4.77. The lowest BCUT2D eigenvalue weighted by molar-refractivity contribution is 0.730. The third-order valence-electron chi connectivity index (χ3n) is 3.19. The highest BCUT2D eigenvalue weighted by Crippen LogP contribution is 2.18. The molecule has 2 N–H and O–H groups in total. The van der Waals surface area contributed by atoms with E-state index >= 15 is 0 Å². The van der Waals surface area contributed by atoms with E-state index in [1.165, 1.54) is 17.0 Å². The number of nitrogens with two attached hydrogens (primary N) is 1. The predicted octanol–water partition coefficient (Wildman–Crippen LogP) is 1.73. The lowest BCUT2D eigenvalue weighted by Gasteiger charge is -2.09. The first kappa shape index (κ1) is 12.3. The van der Waals surface area contributed by atoms with Crippen molar-refractivity contribution in [3.8, 4) is 0 Å². The van der Waals surface area contributed by atoms with Crippen LogP contribution in [0.25, 0.3) is 10.9 Å². The molecule has 1 aromatic carbocycles. The molecule has 5 heteroatoms. The third-order valence-corrected chi connectivity index (χ3v) is 3.19. The number of rotatable bonds is 2. The average Bonchev–Trinajstić information content (AvgIpc) is 2.42. The summed E-state index contributed by atoms with van der Waals surface area (Å²) in [7, 11) is 0. The topological polar surface area (TPSA) is 73.8 Å². The van der Waals surface area contributed by atoms with Gasteiger partial charge in [0.1, 0.15) is 5.82 Å². The molecule has 3 rings (SSSR count). The molecule has 0 unspecified atom stereocenters. The molecule has 0 aliphatic carbocycles. The highest BCUT2D eigenvalue weighted by molar-refractivity contribution is 5.81. The zero-order valence-corrected chi connectivity index (χ0v) is 11.1. The summed E-state index contributed by atoms with van der Waals surface area (Å²) >= 11 is 0. The van der Waals surface area contributed by atoms with Gasteiger partial charge in [-0.25, -0.2) is 9.97 Å². The molecule has 0 saturated carbocycles. The maximum Gasteiger partial charge on any atom is 0.253 e. The minimum Gasteiger partial charge on any atom is -0.383 e. The summed E-state index contributed by atoms with van der Waals surface area (Å²) in [5.41, 5.74) is 8.25. The lowest BCUT2D eigenvalue weighted by Crippen LogP contribution is -2.21. The Labute approximate surface area is 115 Å². The monoisotopic (exact) mass is 266 g/mol. The van der Waals surface area contributed by atoms with E-state index in [1.54, 1.807) is 6.92 Å². The number of aromatic nitrogens is 3. The Balaban J connectivity index is 2.06. The van der Waals surface area contributed by atoms with Crippen LogP contribution in [0.5, 0.6) is 0 Å². The fourth-order valence-corrected chi connectivity index (χ4v) is 2.12. The highest BCUT2D eigenvalue weighted by atomic mass is 16.1. The van der Waals surface area contributed by atoms with Crippen molar-refractivity contribution in [3.05, 3.63) is 64.3 Å². The van der Waals surface area contributed by atoms with Crippen molar-refractivity contribution >= 4 is 16.7 Å². The van der Waals surface area contributed by atoms with E-state index in [0.29, 0.717) is 18.1 Å². The van der Waals surface area contributed by atoms with Crippen LogP contribution in [-0.4, -0.2) is 14.5 Å². The van der Waals surface area contributed by atoms with Gasteiger partial charge in [0.2, 0.25) is 0 Å². The van der Waals surface area contributed by atoms with Gasteiger partial charge in [-0.2, -0.15) is 0 Å². The molecule has 100 valence electrons. The maximum atomic E-state index is 11.9. The van der Waals surface area contributed by atoms with Gasteiger partial charge in [0, 0.05) is 22.7 Å². The number of hydrogen-bond donors (Lipinski definition) is 1. The number of fused-ring (bicyclic) bond motifs is 1. The minimum absolute atomic E-state index is 0.0925. The molecule has 0 amide bonds. The van der Waals surface area contributed by atoms with Crippen LogP contribution in [0.3, 0.4) is 0 Å². The van der Waals surface area contributed by atoms with E-state index in [2.05, 4.69) is 9.97 Å². The third kappa shape index (κ3) is 2.25. The van der Waals surface area contributed by atoms with Crippen molar-refractivity contribution in [1.29, 1.82) is 0 Å². The van der Waals surface area contributed by atoms with Crippen LogP contribution < -0.4 is 11.3 Å². The fourth-order valence-electron chi connectivity index (χ4n) is 2.12. The van der Waals surface area contributed by atoms with Gasteiger partial charge >= 0.3 is 0 Å². The van der Waals surface area contributed by atoms with Crippen molar-refractivity contribution in [2.75, 3.05) is 5.73 Å². The van der Waals surface area contributed by atoms with Gasteiger partial charge in [0.15, 0.2) is 0 Å². The normalized spacial score (nSPS) is 10.8. The van der Waals surface area contributed by atoms with E-state index < -0.39 is 0 Å². The summed E-state index contributed by atoms with van der Waals surface area (Å²) in [6.45, 7) is 2.16. The zero-order chi connectivity index (χ0) is 14.1. The number of para-hydroxylation sites is 1.